The summed E-state index contributed by atoms with van der Waals surface area (Å²) in [6.45, 7) is 0. The molecule has 0 radical (unpaired) electrons. The molecule has 10 rings (SSSR count). The molecule has 9 heteroatoms. The van der Waals surface area contributed by atoms with Crippen LogP contribution >= 0.6 is 11.9 Å². The lowest BCUT2D eigenvalue weighted by Gasteiger charge is -2.05. The summed E-state index contributed by atoms with van der Waals surface area (Å²) in [7, 11) is 0. The van der Waals surface area contributed by atoms with Gasteiger partial charge in [0.15, 0.2) is 34.6 Å². The fourth-order valence-corrected chi connectivity index (χ4v) is 7.49. The van der Waals surface area contributed by atoms with E-state index in [0.29, 0.717) is 34.6 Å². The van der Waals surface area contributed by atoms with Crippen molar-refractivity contribution in [1.82, 2.24) is 38.9 Å². The fraction of sp³-hybridized carbons (Fsp3) is 0.0256. The normalized spacial score (nSPS) is 11.9. The second kappa shape index (κ2) is 10.7. The van der Waals surface area contributed by atoms with Crippen molar-refractivity contribution < 1.29 is 0 Å². The lowest BCUT2D eigenvalue weighted by Crippen LogP contribution is -1.94. The first-order chi connectivity index (χ1) is 23.8. The zero-order valence-electron chi connectivity index (χ0n) is 25.4. The molecule has 8 bridgehead atoms. The molecule has 226 valence electrons. The standard InChI is InChI=1S/C39H24N8S/c1-2-12-23(13-3-1)22-48-47-38-30-20-10-11-21-31(30)39(47)46-37-29-19-9-7-17-27(29)35(44-37)42-33-25-15-5-4-14-24(25)32(40-33)41-34-26-16-6-8-18-28(26)36(43-34)45-38/h1-21H,22H2,(H,40,41,42,43,44,45,46). The molecule has 2 aliphatic rings. The van der Waals surface area contributed by atoms with Gasteiger partial charge in [0.1, 0.15) is 11.3 Å². The summed E-state index contributed by atoms with van der Waals surface area (Å²) >= 11 is 1.65. The third-order valence-corrected chi connectivity index (χ3v) is 9.84. The second-order valence-electron chi connectivity index (χ2n) is 11.7. The summed E-state index contributed by atoms with van der Waals surface area (Å²) in [5, 5.41) is 3.86. The number of hydrogen-bond acceptors (Lipinski definition) is 7. The molecular formula is C39H24N8S. The van der Waals surface area contributed by atoms with Crippen LogP contribution in [0.15, 0.2) is 127 Å². The summed E-state index contributed by atoms with van der Waals surface area (Å²) in [6.07, 6.45) is 0. The molecule has 2 aliphatic heterocycles. The summed E-state index contributed by atoms with van der Waals surface area (Å²) in [4.78, 5) is 34.5. The van der Waals surface area contributed by atoms with Crippen molar-refractivity contribution in [1.29, 1.82) is 0 Å². The van der Waals surface area contributed by atoms with Gasteiger partial charge in [0, 0.05) is 49.6 Å². The van der Waals surface area contributed by atoms with Crippen LogP contribution in [0, 0.1) is 0 Å². The Hall–Kier alpha value is -6.19. The van der Waals surface area contributed by atoms with E-state index in [1.165, 1.54) is 5.56 Å². The van der Waals surface area contributed by atoms with E-state index >= 15 is 0 Å². The highest BCUT2D eigenvalue weighted by atomic mass is 32.2. The van der Waals surface area contributed by atoms with Crippen LogP contribution in [0.1, 0.15) is 5.56 Å². The van der Waals surface area contributed by atoms with Gasteiger partial charge in [-0.25, -0.2) is 33.9 Å². The number of nitrogens with one attached hydrogen (secondary N) is 1. The Bertz CT molecular complexity index is 2590. The van der Waals surface area contributed by atoms with E-state index in [-0.39, 0.29) is 0 Å². The van der Waals surface area contributed by atoms with E-state index in [1.54, 1.807) is 11.9 Å². The van der Waals surface area contributed by atoms with Crippen molar-refractivity contribution in [2.75, 3.05) is 0 Å². The predicted octanol–water partition coefficient (Wildman–Crippen LogP) is 9.04. The molecule has 8 nitrogen and oxygen atoms in total. The van der Waals surface area contributed by atoms with Crippen molar-refractivity contribution in [2.24, 2.45) is 0 Å². The van der Waals surface area contributed by atoms with Gasteiger partial charge < -0.3 is 4.98 Å². The van der Waals surface area contributed by atoms with Crippen LogP contribution in [0.4, 0.5) is 0 Å². The average Bonchev–Trinajstić information content (AvgIpc) is 3.86. The van der Waals surface area contributed by atoms with Crippen molar-refractivity contribution in [2.45, 2.75) is 5.75 Å². The smallest absolute Gasteiger partial charge is 0.164 e. The summed E-state index contributed by atoms with van der Waals surface area (Å²) in [5.74, 6) is 3.12. The minimum absolute atomic E-state index is 0.596. The third-order valence-electron chi connectivity index (χ3n) is 8.77. The molecule has 0 saturated heterocycles. The molecule has 0 spiro atoms. The summed E-state index contributed by atoms with van der Waals surface area (Å²) < 4.78 is 2.13. The molecule has 1 N–H and O–H groups in total. The summed E-state index contributed by atoms with van der Waals surface area (Å²) in [5.41, 5.74) is 7.80. The van der Waals surface area contributed by atoms with Crippen LogP contribution in [0.3, 0.4) is 0 Å². The number of fused-ring (bicyclic) bond motifs is 20. The maximum Gasteiger partial charge on any atom is 0.164 e. The van der Waals surface area contributed by atoms with Crippen molar-refractivity contribution in [3.05, 3.63) is 133 Å². The number of benzene rings is 5. The molecule has 0 aliphatic carbocycles. The van der Waals surface area contributed by atoms with Gasteiger partial charge in [0.05, 0.1) is 0 Å². The first-order valence-corrected chi connectivity index (χ1v) is 16.6. The Labute approximate surface area is 278 Å². The monoisotopic (exact) mass is 636 g/mol. The molecule has 0 fully saturated rings. The molecule has 48 heavy (non-hydrogen) atoms. The van der Waals surface area contributed by atoms with Crippen LogP contribution < -0.4 is 0 Å². The van der Waals surface area contributed by atoms with Crippen LogP contribution in [-0.2, 0) is 5.75 Å². The van der Waals surface area contributed by atoms with Gasteiger partial charge in [0.25, 0.3) is 0 Å². The fourth-order valence-electron chi connectivity index (χ4n) is 6.50. The van der Waals surface area contributed by atoms with Gasteiger partial charge in [-0.3, -0.25) is 0 Å². The Morgan fingerprint density at radius 1 is 0.417 bits per heavy atom. The Balaban J connectivity index is 1.39. The maximum absolute atomic E-state index is 5.32. The molecular weight excluding hydrogens is 613 g/mol. The molecule has 5 heterocycles. The average molecular weight is 637 g/mol. The van der Waals surface area contributed by atoms with Crippen LogP contribution in [-0.4, -0.2) is 38.9 Å². The highest BCUT2D eigenvalue weighted by Crippen LogP contribution is 2.38. The Morgan fingerprint density at radius 3 is 1.29 bits per heavy atom. The van der Waals surface area contributed by atoms with Crippen LogP contribution in [0.5, 0.6) is 0 Å². The van der Waals surface area contributed by atoms with Crippen LogP contribution in [0.2, 0.25) is 0 Å². The number of H-pyrrole nitrogens is 1. The van der Waals surface area contributed by atoms with E-state index < -0.39 is 0 Å². The zero-order chi connectivity index (χ0) is 31.6. The topological polar surface area (TPSA) is 98.1 Å². The first-order valence-electron chi connectivity index (χ1n) is 15.7. The molecule has 8 aromatic rings. The molecule has 0 unspecified atom stereocenters. The first kappa shape index (κ1) is 27.0. The molecule has 3 aromatic heterocycles. The van der Waals surface area contributed by atoms with E-state index in [4.69, 9.17) is 29.9 Å². The van der Waals surface area contributed by atoms with E-state index in [9.17, 15) is 0 Å². The second-order valence-corrected chi connectivity index (χ2v) is 12.6. The summed E-state index contributed by atoms with van der Waals surface area (Å²) in [6, 6.07) is 43.1. The predicted molar refractivity (Wildman–Crippen MR) is 193 cm³/mol. The Kier molecular flexibility index (Phi) is 6.00. The van der Waals surface area contributed by atoms with Gasteiger partial charge >= 0.3 is 0 Å². The van der Waals surface area contributed by atoms with Gasteiger partial charge in [0.2, 0.25) is 0 Å². The number of nitrogens with zero attached hydrogens (tertiary/aromatic N) is 7. The van der Waals surface area contributed by atoms with Crippen LogP contribution in [0.25, 0.3) is 89.7 Å². The number of hydrogen-bond donors (Lipinski definition) is 1. The van der Waals surface area contributed by atoms with E-state index in [0.717, 1.165) is 60.8 Å². The largest absolute Gasteiger partial charge is 0.324 e. The highest BCUT2D eigenvalue weighted by molar-refractivity contribution is 7.97. The van der Waals surface area contributed by atoms with E-state index in [1.807, 2.05) is 66.7 Å². The van der Waals surface area contributed by atoms with Gasteiger partial charge in [-0.2, -0.15) is 0 Å². The van der Waals surface area contributed by atoms with Crippen molar-refractivity contribution >= 4 is 56.1 Å². The quantitative estimate of drug-likeness (QED) is 0.207. The lowest BCUT2D eigenvalue weighted by molar-refractivity contribution is 1.17. The van der Waals surface area contributed by atoms with E-state index in [2.05, 4.69) is 69.6 Å². The number of rotatable bonds is 3. The molecule has 0 atom stereocenters. The van der Waals surface area contributed by atoms with Crippen molar-refractivity contribution in [3.8, 4) is 45.6 Å². The zero-order valence-corrected chi connectivity index (χ0v) is 26.2. The van der Waals surface area contributed by atoms with Gasteiger partial charge in [-0.1, -0.05) is 127 Å². The molecule has 0 amide bonds. The maximum atomic E-state index is 5.32. The number of aromatic amines is 1. The minimum atomic E-state index is 0.596. The Morgan fingerprint density at radius 2 is 0.812 bits per heavy atom. The highest BCUT2D eigenvalue weighted by Gasteiger charge is 2.23. The molecule has 5 aromatic carbocycles. The minimum Gasteiger partial charge on any atom is -0.324 e. The SMILES string of the molecule is c1ccc(CSn2c3nc4nc(nc5[nH]c(nc6nc(nc2c2ccccc23)-c2ccccc2-6)c2ccccc52)-c2ccccc2-4)cc1. The van der Waals surface area contributed by atoms with Crippen molar-refractivity contribution in [3.63, 3.8) is 0 Å². The molecule has 0 saturated carbocycles. The third kappa shape index (κ3) is 4.25. The lowest BCUT2D eigenvalue weighted by atomic mass is 10.1. The van der Waals surface area contributed by atoms with Gasteiger partial charge in [-0.15, -0.1) is 0 Å². The number of aromatic nitrogens is 8. The van der Waals surface area contributed by atoms with Gasteiger partial charge in [-0.05, 0) is 17.5 Å².